The monoisotopic (exact) mass is 324 g/mol. The molecule has 0 spiro atoms. The molecule has 1 unspecified atom stereocenters. The maximum Gasteiger partial charge on any atom is 0.257 e. The Kier molecular flexibility index (Phi) is 7.07. The Labute approximate surface area is 128 Å². The summed E-state index contributed by atoms with van der Waals surface area (Å²) in [5, 5.41) is 0. The number of thiol groups is 1. The molecule has 1 heterocycles. The number of rotatable bonds is 7. The zero-order valence-electron chi connectivity index (χ0n) is 13.4. The van der Waals surface area contributed by atoms with Gasteiger partial charge in [-0.3, -0.25) is 4.57 Å². The van der Waals surface area contributed by atoms with Crippen molar-refractivity contribution in [1.82, 2.24) is 0 Å². The summed E-state index contributed by atoms with van der Waals surface area (Å²) in [5.74, 6) is 0.406. The lowest BCUT2D eigenvalue weighted by molar-refractivity contribution is -0.0615. The minimum Gasteiger partial charge on any atom is -0.376 e. The van der Waals surface area contributed by atoms with Crippen LogP contribution in [0.3, 0.4) is 0 Å². The molecular formula is C14H29O4PS. The maximum atomic E-state index is 12.4. The normalized spacial score (nSPS) is 30.4. The Morgan fingerprint density at radius 2 is 1.85 bits per heavy atom. The van der Waals surface area contributed by atoms with E-state index in [2.05, 4.69) is 26.1 Å². The zero-order chi connectivity index (χ0) is 15.5. The van der Waals surface area contributed by atoms with Gasteiger partial charge in [-0.05, 0) is 19.8 Å². The first-order valence-corrected chi connectivity index (χ1v) is 10.3. The highest BCUT2D eigenvalue weighted by molar-refractivity contribution is 8.46. The average Bonchev–Trinajstić information content (AvgIpc) is 2.68. The van der Waals surface area contributed by atoms with Crippen molar-refractivity contribution in [2.75, 3.05) is 6.61 Å². The van der Waals surface area contributed by atoms with Crippen LogP contribution in [0.25, 0.3) is 0 Å². The van der Waals surface area contributed by atoms with Crippen LogP contribution in [0.15, 0.2) is 0 Å². The van der Waals surface area contributed by atoms with Gasteiger partial charge in [-0.2, -0.15) is 0 Å². The second-order valence-electron chi connectivity index (χ2n) is 6.38. The number of hydrogen-bond acceptors (Lipinski definition) is 4. The third kappa shape index (κ3) is 5.34. The number of ether oxygens (including phenoxy) is 2. The Morgan fingerprint density at radius 3 is 2.30 bits per heavy atom. The Bertz CT molecular complexity index is 346. The van der Waals surface area contributed by atoms with Gasteiger partial charge in [-0.25, -0.2) is 0 Å². The van der Waals surface area contributed by atoms with Gasteiger partial charge in [0, 0.05) is 12.1 Å². The molecule has 0 aromatic heterocycles. The fourth-order valence-corrected chi connectivity index (χ4v) is 3.25. The Balaban J connectivity index is 2.70. The highest BCUT2D eigenvalue weighted by Gasteiger charge is 2.41. The van der Waals surface area contributed by atoms with Crippen LogP contribution < -0.4 is 0 Å². The SMILES string of the molecule is CC(C)OC[C@H]1O[C@@H](C(C)C)C[C@H]1OP(=O)(S)C(C)C. The highest BCUT2D eigenvalue weighted by atomic mass is 32.7. The molecule has 0 aromatic carbocycles. The van der Waals surface area contributed by atoms with Crippen LogP contribution in [-0.2, 0) is 18.6 Å². The van der Waals surface area contributed by atoms with E-state index in [1.54, 1.807) is 0 Å². The molecule has 0 bridgehead atoms. The van der Waals surface area contributed by atoms with E-state index >= 15 is 0 Å². The Morgan fingerprint density at radius 1 is 1.25 bits per heavy atom. The molecule has 0 aromatic rings. The van der Waals surface area contributed by atoms with Gasteiger partial charge in [0.2, 0.25) is 0 Å². The molecule has 0 radical (unpaired) electrons. The van der Waals surface area contributed by atoms with Crippen LogP contribution in [0.2, 0.25) is 0 Å². The van der Waals surface area contributed by atoms with Gasteiger partial charge in [0.15, 0.2) is 0 Å². The van der Waals surface area contributed by atoms with Gasteiger partial charge in [0.05, 0.1) is 24.9 Å². The smallest absolute Gasteiger partial charge is 0.257 e. The van der Waals surface area contributed by atoms with Crippen LogP contribution in [0.5, 0.6) is 0 Å². The van der Waals surface area contributed by atoms with Crippen molar-refractivity contribution in [3.8, 4) is 0 Å². The van der Waals surface area contributed by atoms with Crippen LogP contribution in [0.1, 0.15) is 48.0 Å². The predicted molar refractivity (Wildman–Crippen MR) is 85.8 cm³/mol. The molecule has 1 aliphatic heterocycles. The van der Waals surface area contributed by atoms with Crippen LogP contribution >= 0.6 is 18.8 Å². The summed E-state index contributed by atoms with van der Waals surface area (Å²) in [7, 11) is 0. The van der Waals surface area contributed by atoms with E-state index in [4.69, 9.17) is 14.0 Å². The van der Waals surface area contributed by atoms with Crippen LogP contribution in [0, 0.1) is 5.92 Å². The van der Waals surface area contributed by atoms with Gasteiger partial charge in [-0.1, -0.05) is 39.9 Å². The molecule has 20 heavy (non-hydrogen) atoms. The van der Waals surface area contributed by atoms with Crippen molar-refractivity contribution in [3.05, 3.63) is 0 Å². The fraction of sp³-hybridized carbons (Fsp3) is 1.00. The lowest BCUT2D eigenvalue weighted by atomic mass is 10.0. The molecule has 120 valence electrons. The van der Waals surface area contributed by atoms with E-state index in [1.807, 2.05) is 27.7 Å². The van der Waals surface area contributed by atoms with Crippen LogP contribution in [0.4, 0.5) is 0 Å². The minimum atomic E-state index is -2.90. The molecule has 0 aliphatic carbocycles. The second kappa shape index (κ2) is 7.64. The fourth-order valence-electron chi connectivity index (χ4n) is 2.04. The molecular weight excluding hydrogens is 295 g/mol. The van der Waals surface area contributed by atoms with E-state index in [0.29, 0.717) is 12.5 Å². The third-order valence-corrected chi connectivity index (χ3v) is 7.05. The third-order valence-electron chi connectivity index (χ3n) is 3.51. The standard InChI is InChI=1S/C14H29O4PS/c1-9(2)12-7-13(18-19(15,20)11(5)6)14(17-12)8-16-10(3)4/h9-14H,7-8H2,1-6H3,(H,15,20)/t12-,13-,14-,19?/m1/s1. The first-order valence-electron chi connectivity index (χ1n) is 7.41. The predicted octanol–water partition coefficient (Wildman–Crippen LogP) is 4.14. The van der Waals surface area contributed by atoms with Crippen LogP contribution in [-0.4, -0.2) is 36.7 Å². The minimum absolute atomic E-state index is 0.101. The van der Waals surface area contributed by atoms with Crippen molar-refractivity contribution in [1.29, 1.82) is 0 Å². The number of hydrogen-bond donors (Lipinski definition) is 1. The lowest BCUT2D eigenvalue weighted by Gasteiger charge is -2.24. The van der Waals surface area contributed by atoms with Crippen molar-refractivity contribution in [2.45, 2.75) is 78.0 Å². The summed E-state index contributed by atoms with van der Waals surface area (Å²) in [5.41, 5.74) is -0.101. The lowest BCUT2D eigenvalue weighted by Crippen LogP contribution is -2.30. The molecule has 1 saturated heterocycles. The molecule has 6 heteroatoms. The molecule has 0 amide bonds. The molecule has 1 rings (SSSR count). The quantitative estimate of drug-likeness (QED) is 0.564. The van der Waals surface area contributed by atoms with Crippen molar-refractivity contribution >= 4 is 18.8 Å². The summed E-state index contributed by atoms with van der Waals surface area (Å²) < 4.78 is 29.8. The van der Waals surface area contributed by atoms with E-state index in [0.717, 1.165) is 6.42 Å². The Hall–Kier alpha value is 0.460. The van der Waals surface area contributed by atoms with Crippen molar-refractivity contribution in [3.63, 3.8) is 0 Å². The summed E-state index contributed by atoms with van der Waals surface area (Å²) in [4.78, 5) is 0. The van der Waals surface area contributed by atoms with Gasteiger partial charge in [-0.15, -0.1) is 0 Å². The van der Waals surface area contributed by atoms with Gasteiger partial charge >= 0.3 is 0 Å². The molecule has 4 nitrogen and oxygen atoms in total. The summed E-state index contributed by atoms with van der Waals surface area (Å²) >= 11 is 4.22. The summed E-state index contributed by atoms with van der Waals surface area (Å²) in [6.07, 6.45) is 0.656. The topological polar surface area (TPSA) is 44.8 Å². The molecule has 4 atom stereocenters. The first kappa shape index (κ1) is 18.5. The maximum absolute atomic E-state index is 12.4. The van der Waals surface area contributed by atoms with Gasteiger partial charge in [0.1, 0.15) is 6.10 Å². The largest absolute Gasteiger partial charge is 0.376 e. The average molecular weight is 324 g/mol. The summed E-state index contributed by atoms with van der Waals surface area (Å²) in [6.45, 7) is 9.52. The summed E-state index contributed by atoms with van der Waals surface area (Å²) in [6, 6.07) is 0. The van der Waals surface area contributed by atoms with Gasteiger partial charge in [0.25, 0.3) is 6.57 Å². The second-order valence-corrected chi connectivity index (χ2v) is 10.4. The molecule has 1 fully saturated rings. The van der Waals surface area contributed by atoms with E-state index in [1.165, 1.54) is 0 Å². The van der Waals surface area contributed by atoms with E-state index in [-0.39, 0.29) is 30.1 Å². The van der Waals surface area contributed by atoms with E-state index < -0.39 is 6.57 Å². The first-order chi connectivity index (χ1) is 9.13. The van der Waals surface area contributed by atoms with E-state index in [9.17, 15) is 4.57 Å². The zero-order valence-corrected chi connectivity index (χ0v) is 15.2. The molecule has 0 N–H and O–H groups in total. The highest BCUT2D eigenvalue weighted by Crippen LogP contribution is 2.58. The molecule has 0 saturated carbocycles. The van der Waals surface area contributed by atoms with Gasteiger partial charge < -0.3 is 14.0 Å². The molecule has 1 aliphatic rings. The van der Waals surface area contributed by atoms with Crippen molar-refractivity contribution < 1.29 is 18.6 Å². The van der Waals surface area contributed by atoms with Crippen molar-refractivity contribution in [2.24, 2.45) is 5.92 Å².